The van der Waals surface area contributed by atoms with Gasteiger partial charge in [0.15, 0.2) is 0 Å². The molecule has 0 saturated carbocycles. The monoisotopic (exact) mass is 259 g/mol. The molecule has 3 nitrogen and oxygen atoms in total. The van der Waals surface area contributed by atoms with Crippen molar-refractivity contribution in [2.75, 3.05) is 6.54 Å². The van der Waals surface area contributed by atoms with Crippen LogP contribution in [0.2, 0.25) is 0 Å². The zero-order chi connectivity index (χ0) is 13.7. The largest absolute Gasteiger partial charge is 0.312 e. The minimum Gasteiger partial charge on any atom is -0.312 e. The van der Waals surface area contributed by atoms with Gasteiger partial charge in [0, 0.05) is 11.4 Å². The van der Waals surface area contributed by atoms with Crippen molar-refractivity contribution in [2.45, 2.75) is 46.2 Å². The van der Waals surface area contributed by atoms with E-state index < -0.39 is 0 Å². The van der Waals surface area contributed by atoms with E-state index in [9.17, 15) is 0 Å². The van der Waals surface area contributed by atoms with Crippen molar-refractivity contribution in [1.82, 2.24) is 15.1 Å². The molecule has 0 aliphatic rings. The van der Waals surface area contributed by atoms with Gasteiger partial charge in [0.2, 0.25) is 0 Å². The zero-order valence-corrected chi connectivity index (χ0v) is 12.3. The highest BCUT2D eigenvalue weighted by atomic mass is 15.3. The van der Waals surface area contributed by atoms with Gasteiger partial charge in [0.05, 0.1) is 18.3 Å². The Morgan fingerprint density at radius 3 is 2.79 bits per heavy atom. The van der Waals surface area contributed by atoms with E-state index in [1.807, 2.05) is 6.20 Å². The van der Waals surface area contributed by atoms with Gasteiger partial charge in [-0.15, -0.1) is 0 Å². The van der Waals surface area contributed by atoms with E-state index in [1.165, 1.54) is 23.7 Å². The van der Waals surface area contributed by atoms with E-state index in [-0.39, 0.29) is 0 Å². The molecule has 2 aromatic rings. The lowest BCUT2D eigenvalue weighted by Crippen LogP contribution is -2.39. The predicted molar refractivity (Wildman–Crippen MR) is 81.3 cm³/mol. The van der Waals surface area contributed by atoms with Gasteiger partial charge < -0.3 is 5.32 Å². The van der Waals surface area contributed by atoms with Gasteiger partial charge in [0.25, 0.3) is 0 Å². The fraction of sp³-hybridized carbons (Fsp3) is 0.562. The molecule has 3 heteroatoms. The molecule has 2 rings (SSSR count). The number of nitrogens with one attached hydrogen (secondary N) is 1. The van der Waals surface area contributed by atoms with Crippen LogP contribution < -0.4 is 5.32 Å². The molecule has 0 saturated heterocycles. The predicted octanol–water partition coefficient (Wildman–Crippen LogP) is 3.45. The van der Waals surface area contributed by atoms with Crippen molar-refractivity contribution in [3.8, 4) is 0 Å². The summed E-state index contributed by atoms with van der Waals surface area (Å²) in [6.07, 6.45) is 4.33. The van der Waals surface area contributed by atoms with Crippen LogP contribution in [0.4, 0.5) is 0 Å². The summed E-state index contributed by atoms with van der Waals surface area (Å²) in [6.45, 7) is 8.81. The third-order valence-electron chi connectivity index (χ3n) is 3.91. The van der Waals surface area contributed by atoms with Crippen molar-refractivity contribution in [3.63, 3.8) is 0 Å². The van der Waals surface area contributed by atoms with Crippen LogP contribution in [0.3, 0.4) is 0 Å². The first-order chi connectivity index (χ1) is 9.26. The lowest BCUT2D eigenvalue weighted by Gasteiger charge is -2.24. The first-order valence-corrected chi connectivity index (χ1v) is 7.40. The lowest BCUT2D eigenvalue weighted by atomic mass is 9.99. The number of fused-ring (bicyclic) bond motifs is 1. The molecule has 19 heavy (non-hydrogen) atoms. The second-order valence-corrected chi connectivity index (χ2v) is 5.33. The minimum atomic E-state index is 0.494. The highest BCUT2D eigenvalue weighted by molar-refractivity contribution is 5.78. The molecule has 1 aromatic heterocycles. The molecular weight excluding hydrogens is 234 g/mol. The van der Waals surface area contributed by atoms with Crippen LogP contribution in [0, 0.1) is 5.92 Å². The van der Waals surface area contributed by atoms with E-state index in [2.05, 4.69) is 60.1 Å². The smallest absolute Gasteiger partial charge is 0.0683 e. The Hall–Kier alpha value is -1.35. The Morgan fingerprint density at radius 1 is 1.26 bits per heavy atom. The third-order valence-corrected chi connectivity index (χ3v) is 3.91. The molecule has 1 N–H and O–H groups in total. The SMILES string of the molecule is CCCNC(Cn1ncc2ccccc21)C(C)CC. The fourth-order valence-electron chi connectivity index (χ4n) is 2.42. The van der Waals surface area contributed by atoms with Gasteiger partial charge in [-0.2, -0.15) is 5.10 Å². The third kappa shape index (κ3) is 3.35. The van der Waals surface area contributed by atoms with Crippen LogP contribution in [0.25, 0.3) is 10.9 Å². The average Bonchev–Trinajstić information content (AvgIpc) is 2.86. The Labute approximate surface area is 116 Å². The average molecular weight is 259 g/mol. The number of benzene rings is 1. The lowest BCUT2D eigenvalue weighted by molar-refractivity contribution is 0.323. The summed E-state index contributed by atoms with van der Waals surface area (Å²) in [5.74, 6) is 0.662. The van der Waals surface area contributed by atoms with Gasteiger partial charge >= 0.3 is 0 Å². The Morgan fingerprint density at radius 2 is 2.05 bits per heavy atom. The van der Waals surface area contributed by atoms with Crippen molar-refractivity contribution in [2.24, 2.45) is 5.92 Å². The maximum absolute atomic E-state index is 4.54. The second-order valence-electron chi connectivity index (χ2n) is 5.33. The summed E-state index contributed by atoms with van der Waals surface area (Å²) < 4.78 is 2.13. The number of nitrogens with zero attached hydrogens (tertiary/aromatic N) is 2. The molecule has 104 valence electrons. The summed E-state index contributed by atoms with van der Waals surface area (Å²) in [7, 11) is 0. The molecule has 2 atom stereocenters. The number of hydrogen-bond acceptors (Lipinski definition) is 2. The molecule has 0 fully saturated rings. The number of hydrogen-bond donors (Lipinski definition) is 1. The number of para-hydroxylation sites is 1. The molecular formula is C16H25N3. The zero-order valence-electron chi connectivity index (χ0n) is 12.3. The topological polar surface area (TPSA) is 29.9 Å². The summed E-state index contributed by atoms with van der Waals surface area (Å²) in [6, 6.07) is 8.91. The molecule has 1 heterocycles. The summed E-state index contributed by atoms with van der Waals surface area (Å²) in [5.41, 5.74) is 1.23. The van der Waals surface area contributed by atoms with Crippen LogP contribution >= 0.6 is 0 Å². The fourth-order valence-corrected chi connectivity index (χ4v) is 2.42. The van der Waals surface area contributed by atoms with Crippen LogP contribution in [0.1, 0.15) is 33.6 Å². The van der Waals surface area contributed by atoms with E-state index in [4.69, 9.17) is 0 Å². The van der Waals surface area contributed by atoms with Gasteiger partial charge in [0.1, 0.15) is 0 Å². The molecule has 0 bridgehead atoms. The normalized spacial score (nSPS) is 14.7. The van der Waals surface area contributed by atoms with Crippen molar-refractivity contribution >= 4 is 10.9 Å². The highest BCUT2D eigenvalue weighted by Gasteiger charge is 2.16. The van der Waals surface area contributed by atoms with Gasteiger partial charge in [-0.1, -0.05) is 45.4 Å². The first-order valence-electron chi connectivity index (χ1n) is 7.40. The molecule has 0 spiro atoms. The molecule has 0 radical (unpaired) electrons. The minimum absolute atomic E-state index is 0.494. The van der Waals surface area contributed by atoms with Crippen LogP contribution in [0.15, 0.2) is 30.5 Å². The van der Waals surface area contributed by atoms with Crippen LogP contribution in [-0.2, 0) is 6.54 Å². The number of aromatic nitrogens is 2. The van der Waals surface area contributed by atoms with Gasteiger partial charge in [-0.05, 0) is 24.9 Å². The van der Waals surface area contributed by atoms with Crippen LogP contribution in [0.5, 0.6) is 0 Å². The molecule has 2 unspecified atom stereocenters. The van der Waals surface area contributed by atoms with E-state index in [0.29, 0.717) is 12.0 Å². The van der Waals surface area contributed by atoms with E-state index in [0.717, 1.165) is 13.1 Å². The maximum atomic E-state index is 4.54. The Bertz CT molecular complexity index is 503. The quantitative estimate of drug-likeness (QED) is 0.825. The maximum Gasteiger partial charge on any atom is 0.0683 e. The first kappa shape index (κ1) is 14.1. The van der Waals surface area contributed by atoms with Crippen molar-refractivity contribution in [1.29, 1.82) is 0 Å². The summed E-state index contributed by atoms with van der Waals surface area (Å²) in [4.78, 5) is 0. The van der Waals surface area contributed by atoms with Gasteiger partial charge in [-0.25, -0.2) is 0 Å². The second kappa shape index (κ2) is 6.71. The Kier molecular flexibility index (Phi) is 4.97. The molecule has 0 aliphatic heterocycles. The van der Waals surface area contributed by atoms with E-state index >= 15 is 0 Å². The molecule has 0 amide bonds. The summed E-state index contributed by atoms with van der Waals surface area (Å²) >= 11 is 0. The highest BCUT2D eigenvalue weighted by Crippen LogP contribution is 2.16. The molecule has 0 aliphatic carbocycles. The molecule has 1 aromatic carbocycles. The van der Waals surface area contributed by atoms with Crippen LogP contribution in [-0.4, -0.2) is 22.4 Å². The van der Waals surface area contributed by atoms with Gasteiger partial charge in [-0.3, -0.25) is 4.68 Å². The van der Waals surface area contributed by atoms with Crippen molar-refractivity contribution in [3.05, 3.63) is 30.5 Å². The standard InChI is InChI=1S/C16H25N3/c1-4-10-17-15(13(3)5-2)12-19-16-9-7-6-8-14(16)11-18-19/h6-9,11,13,15,17H,4-5,10,12H2,1-3H3. The number of rotatable bonds is 7. The van der Waals surface area contributed by atoms with Crippen molar-refractivity contribution < 1.29 is 0 Å². The summed E-state index contributed by atoms with van der Waals surface area (Å²) in [5, 5.41) is 9.42. The Balaban J connectivity index is 2.15. The van der Waals surface area contributed by atoms with E-state index in [1.54, 1.807) is 0 Å².